The molecule has 0 atom stereocenters. The third-order valence-electron chi connectivity index (χ3n) is 4.63. The van der Waals surface area contributed by atoms with E-state index in [1.807, 2.05) is 4.90 Å². The minimum absolute atomic E-state index is 0.00501. The molecule has 10 heteroatoms. The van der Waals surface area contributed by atoms with E-state index < -0.39 is 15.8 Å². The van der Waals surface area contributed by atoms with Crippen LogP contribution >= 0.6 is 23.2 Å². The van der Waals surface area contributed by atoms with Crippen molar-refractivity contribution >= 4 is 44.8 Å². The zero-order valence-electron chi connectivity index (χ0n) is 15.4. The second-order valence-corrected chi connectivity index (χ2v) is 9.30. The summed E-state index contributed by atoms with van der Waals surface area (Å²) in [5.74, 6) is -0.642. The summed E-state index contributed by atoms with van der Waals surface area (Å²) in [6, 6.07) is 10.2. The fourth-order valence-electron chi connectivity index (χ4n) is 3.07. The Bertz CT molecular complexity index is 996. The van der Waals surface area contributed by atoms with Crippen molar-refractivity contribution in [1.29, 1.82) is 0 Å². The second-order valence-electron chi connectivity index (χ2n) is 6.61. The zero-order chi connectivity index (χ0) is 21.0. The Morgan fingerprint density at radius 3 is 2.45 bits per heavy atom. The normalized spacial score (nSPS) is 16.0. The van der Waals surface area contributed by atoms with Crippen LogP contribution in [0, 0.1) is 5.82 Å². The van der Waals surface area contributed by atoms with Gasteiger partial charge in [0.2, 0.25) is 15.9 Å². The van der Waals surface area contributed by atoms with Crippen LogP contribution in [-0.2, 0) is 14.8 Å². The minimum atomic E-state index is -3.74. The van der Waals surface area contributed by atoms with E-state index in [1.165, 1.54) is 34.6 Å². The van der Waals surface area contributed by atoms with E-state index in [0.29, 0.717) is 25.3 Å². The van der Waals surface area contributed by atoms with Gasteiger partial charge in [0.1, 0.15) is 10.7 Å². The molecule has 156 valence electrons. The van der Waals surface area contributed by atoms with E-state index in [9.17, 15) is 17.6 Å². The molecule has 1 aliphatic rings. The monoisotopic (exact) mass is 459 g/mol. The Labute approximate surface area is 179 Å². The van der Waals surface area contributed by atoms with Crippen LogP contribution in [0.2, 0.25) is 10.0 Å². The predicted molar refractivity (Wildman–Crippen MR) is 111 cm³/mol. The van der Waals surface area contributed by atoms with E-state index in [0.717, 1.165) is 0 Å². The molecule has 1 N–H and O–H groups in total. The van der Waals surface area contributed by atoms with E-state index in [2.05, 4.69) is 5.32 Å². The van der Waals surface area contributed by atoms with Crippen molar-refractivity contribution < 1.29 is 17.6 Å². The quantitative estimate of drug-likeness (QED) is 0.717. The first-order chi connectivity index (χ1) is 13.8. The molecular formula is C19H20Cl2FN3O3S. The lowest BCUT2D eigenvalue weighted by atomic mass is 10.2. The first kappa shape index (κ1) is 22.0. The van der Waals surface area contributed by atoms with Crippen molar-refractivity contribution in [3.8, 4) is 0 Å². The average molecular weight is 460 g/mol. The Morgan fingerprint density at radius 2 is 1.76 bits per heavy atom. The number of nitrogens with zero attached hydrogens (tertiary/aromatic N) is 2. The number of halogens is 3. The van der Waals surface area contributed by atoms with E-state index in [-0.39, 0.29) is 40.4 Å². The van der Waals surface area contributed by atoms with Crippen molar-refractivity contribution in [3.05, 3.63) is 58.3 Å². The maximum absolute atomic E-state index is 13.2. The fraction of sp³-hybridized carbons (Fsp3) is 0.316. The van der Waals surface area contributed by atoms with Crippen molar-refractivity contribution in [3.63, 3.8) is 0 Å². The number of nitrogens with one attached hydrogen (secondary N) is 1. The lowest BCUT2D eigenvalue weighted by Gasteiger charge is -2.34. The van der Waals surface area contributed by atoms with Gasteiger partial charge < -0.3 is 10.2 Å². The largest absolute Gasteiger partial charge is 0.326 e. The summed E-state index contributed by atoms with van der Waals surface area (Å²) >= 11 is 12.0. The van der Waals surface area contributed by atoms with E-state index in [1.54, 1.807) is 12.1 Å². The van der Waals surface area contributed by atoms with Crippen LogP contribution in [0.25, 0.3) is 0 Å². The number of carbonyl (C=O) groups excluding carboxylic acids is 1. The number of anilines is 1. The van der Waals surface area contributed by atoms with Gasteiger partial charge in [0, 0.05) is 44.8 Å². The topological polar surface area (TPSA) is 69.7 Å². The molecule has 2 aromatic rings. The fourth-order valence-corrected chi connectivity index (χ4v) is 5.22. The van der Waals surface area contributed by atoms with Crippen LogP contribution in [-0.4, -0.2) is 56.3 Å². The molecule has 0 aliphatic carbocycles. The van der Waals surface area contributed by atoms with Crippen LogP contribution in [0.5, 0.6) is 0 Å². The van der Waals surface area contributed by atoms with Gasteiger partial charge in [0.15, 0.2) is 0 Å². The lowest BCUT2D eigenvalue weighted by Crippen LogP contribution is -2.49. The summed E-state index contributed by atoms with van der Waals surface area (Å²) in [6.45, 7) is 2.04. The number of piperazine rings is 1. The van der Waals surface area contributed by atoms with Crippen LogP contribution in [0.3, 0.4) is 0 Å². The molecule has 1 saturated heterocycles. The number of hydrogen-bond acceptors (Lipinski definition) is 4. The third kappa shape index (κ3) is 5.46. The summed E-state index contributed by atoms with van der Waals surface area (Å²) in [5, 5.41) is 2.86. The van der Waals surface area contributed by atoms with Gasteiger partial charge in [-0.25, -0.2) is 12.8 Å². The van der Waals surface area contributed by atoms with E-state index in [4.69, 9.17) is 23.2 Å². The summed E-state index contributed by atoms with van der Waals surface area (Å²) < 4.78 is 40.2. The zero-order valence-corrected chi connectivity index (χ0v) is 17.8. The number of amides is 1. The van der Waals surface area contributed by atoms with Crippen LogP contribution in [0.4, 0.5) is 10.1 Å². The van der Waals surface area contributed by atoms with Crippen molar-refractivity contribution in [2.24, 2.45) is 0 Å². The Hall–Kier alpha value is -1.71. The molecule has 0 spiro atoms. The number of carbonyl (C=O) groups is 1. The van der Waals surface area contributed by atoms with Gasteiger partial charge in [-0.3, -0.25) is 4.79 Å². The number of hydrogen-bond donors (Lipinski definition) is 1. The summed E-state index contributed by atoms with van der Waals surface area (Å²) in [4.78, 5) is 14.1. The van der Waals surface area contributed by atoms with Gasteiger partial charge in [0.05, 0.1) is 10.0 Å². The van der Waals surface area contributed by atoms with Gasteiger partial charge in [-0.2, -0.15) is 4.31 Å². The number of rotatable bonds is 6. The number of benzene rings is 2. The molecule has 0 radical (unpaired) electrons. The molecule has 0 bridgehead atoms. The standard InChI is InChI=1S/C19H20Cl2FN3O3S/c20-16-5-2-6-17(19(16)21)29(27,28)25-11-9-24(10-12-25)8-7-18(26)23-15-4-1-3-14(22)13-15/h1-6,13H,7-12H2,(H,23,26). The Kier molecular flexibility index (Phi) is 7.13. The van der Waals surface area contributed by atoms with Gasteiger partial charge in [-0.05, 0) is 30.3 Å². The molecule has 29 heavy (non-hydrogen) atoms. The van der Waals surface area contributed by atoms with Crippen LogP contribution in [0.1, 0.15) is 6.42 Å². The molecule has 0 aromatic heterocycles. The number of sulfonamides is 1. The smallest absolute Gasteiger partial charge is 0.244 e. The first-order valence-corrected chi connectivity index (χ1v) is 11.2. The molecule has 0 saturated carbocycles. The molecule has 1 amide bonds. The highest BCUT2D eigenvalue weighted by molar-refractivity contribution is 7.89. The SMILES string of the molecule is O=C(CCN1CCN(S(=O)(=O)c2cccc(Cl)c2Cl)CC1)Nc1cccc(F)c1. The summed E-state index contributed by atoms with van der Waals surface area (Å²) in [5.41, 5.74) is 0.407. The van der Waals surface area contributed by atoms with Crippen molar-refractivity contribution in [2.75, 3.05) is 38.0 Å². The van der Waals surface area contributed by atoms with Gasteiger partial charge in [0.25, 0.3) is 0 Å². The molecule has 2 aromatic carbocycles. The van der Waals surface area contributed by atoms with Crippen LogP contribution < -0.4 is 5.32 Å². The summed E-state index contributed by atoms with van der Waals surface area (Å²) in [6.07, 6.45) is 0.226. The molecule has 1 heterocycles. The highest BCUT2D eigenvalue weighted by atomic mass is 35.5. The highest BCUT2D eigenvalue weighted by Crippen LogP contribution is 2.31. The molecule has 3 rings (SSSR count). The van der Waals surface area contributed by atoms with E-state index >= 15 is 0 Å². The van der Waals surface area contributed by atoms with Crippen molar-refractivity contribution in [2.45, 2.75) is 11.3 Å². The third-order valence-corrected chi connectivity index (χ3v) is 7.50. The molecule has 1 aliphatic heterocycles. The second kappa shape index (κ2) is 9.40. The van der Waals surface area contributed by atoms with Gasteiger partial charge in [-0.1, -0.05) is 35.3 Å². The van der Waals surface area contributed by atoms with Gasteiger partial charge in [-0.15, -0.1) is 0 Å². The Balaban J connectivity index is 1.51. The maximum Gasteiger partial charge on any atom is 0.244 e. The predicted octanol–water partition coefficient (Wildman–Crippen LogP) is 3.47. The Morgan fingerprint density at radius 1 is 1.07 bits per heavy atom. The molecule has 1 fully saturated rings. The van der Waals surface area contributed by atoms with Crippen molar-refractivity contribution in [1.82, 2.24) is 9.21 Å². The summed E-state index contributed by atoms with van der Waals surface area (Å²) in [7, 11) is -3.74. The molecule has 6 nitrogen and oxygen atoms in total. The first-order valence-electron chi connectivity index (χ1n) is 8.99. The lowest BCUT2D eigenvalue weighted by molar-refractivity contribution is -0.116. The molecular weight excluding hydrogens is 440 g/mol. The highest BCUT2D eigenvalue weighted by Gasteiger charge is 2.30. The minimum Gasteiger partial charge on any atom is -0.326 e. The van der Waals surface area contributed by atoms with Gasteiger partial charge >= 0.3 is 0 Å². The van der Waals surface area contributed by atoms with Crippen LogP contribution in [0.15, 0.2) is 47.4 Å². The average Bonchev–Trinajstić information content (AvgIpc) is 2.69. The maximum atomic E-state index is 13.2. The molecule has 0 unspecified atom stereocenters.